The third-order valence-corrected chi connectivity index (χ3v) is 3.52. The van der Waals surface area contributed by atoms with Gasteiger partial charge in [-0.3, -0.25) is 9.79 Å². The molecule has 114 valence electrons. The number of phenols is 1. The first-order valence-corrected chi connectivity index (χ1v) is 7.12. The zero-order valence-corrected chi connectivity index (χ0v) is 12.6. The largest absolute Gasteiger partial charge is 0.507 e. The summed E-state index contributed by atoms with van der Waals surface area (Å²) in [6.07, 6.45) is 2.43. The highest BCUT2D eigenvalue weighted by molar-refractivity contribution is 6.01. The molecule has 4 nitrogen and oxygen atoms in total. The first-order chi connectivity index (χ1) is 11.2. The number of aldehydes is 1. The second-order valence-electron chi connectivity index (χ2n) is 5.06. The van der Waals surface area contributed by atoms with Crippen molar-refractivity contribution in [3.05, 3.63) is 65.7 Å². The van der Waals surface area contributed by atoms with E-state index in [1.54, 1.807) is 31.5 Å². The number of carbonyl (C=O) groups excluding carboxylic acids is 1. The van der Waals surface area contributed by atoms with Crippen molar-refractivity contribution in [2.75, 3.05) is 7.05 Å². The summed E-state index contributed by atoms with van der Waals surface area (Å²) >= 11 is 0. The summed E-state index contributed by atoms with van der Waals surface area (Å²) in [5, 5.41) is 11.2. The van der Waals surface area contributed by atoms with Crippen LogP contribution in [0.3, 0.4) is 0 Å². The van der Waals surface area contributed by atoms with Crippen molar-refractivity contribution in [3.8, 4) is 17.2 Å². The lowest BCUT2D eigenvalue weighted by Crippen LogP contribution is -1.88. The number of aromatic hydroxyl groups is 1. The molecule has 0 atom stereocenters. The van der Waals surface area contributed by atoms with Crippen molar-refractivity contribution >= 4 is 23.3 Å². The quantitative estimate of drug-likeness (QED) is 0.580. The van der Waals surface area contributed by atoms with Gasteiger partial charge in [-0.25, -0.2) is 0 Å². The number of hydrogen-bond donors (Lipinski definition) is 1. The van der Waals surface area contributed by atoms with Crippen molar-refractivity contribution in [1.82, 2.24) is 0 Å². The van der Waals surface area contributed by atoms with Gasteiger partial charge in [0.05, 0.1) is 5.56 Å². The molecule has 0 aliphatic heterocycles. The van der Waals surface area contributed by atoms with Crippen molar-refractivity contribution in [3.63, 3.8) is 0 Å². The Hall–Kier alpha value is -3.14. The molecular weight excluding hydrogens is 290 g/mol. The lowest BCUT2D eigenvalue weighted by atomic mass is 10.0. The van der Waals surface area contributed by atoms with Crippen LogP contribution in [0.25, 0.3) is 10.8 Å². The minimum atomic E-state index is -0.0191. The lowest BCUT2D eigenvalue weighted by Gasteiger charge is -2.09. The molecule has 0 saturated carbocycles. The Kier molecular flexibility index (Phi) is 4.06. The van der Waals surface area contributed by atoms with Crippen LogP contribution in [0, 0.1) is 0 Å². The maximum Gasteiger partial charge on any atom is 0.154 e. The number of hydrogen-bond acceptors (Lipinski definition) is 4. The Morgan fingerprint density at radius 1 is 1.00 bits per heavy atom. The Balaban J connectivity index is 1.91. The molecule has 3 aromatic carbocycles. The van der Waals surface area contributed by atoms with Crippen LogP contribution in [0.15, 0.2) is 59.6 Å². The summed E-state index contributed by atoms with van der Waals surface area (Å²) in [5.41, 5.74) is 1.29. The second-order valence-corrected chi connectivity index (χ2v) is 5.06. The molecule has 1 N–H and O–H groups in total. The molecule has 0 fully saturated rings. The van der Waals surface area contributed by atoms with Gasteiger partial charge in [0.2, 0.25) is 0 Å². The van der Waals surface area contributed by atoms with E-state index in [1.807, 2.05) is 30.3 Å². The number of rotatable bonds is 4. The molecule has 3 rings (SSSR count). The van der Waals surface area contributed by atoms with Gasteiger partial charge in [-0.05, 0) is 64.9 Å². The molecule has 0 radical (unpaired) electrons. The summed E-state index contributed by atoms with van der Waals surface area (Å²) in [5.74, 6) is 1.36. The SMILES string of the molecule is C/N=C\c1ccc(Oc2ccc3c(C=O)c(O)ccc3c2)cc1. The van der Waals surface area contributed by atoms with E-state index in [4.69, 9.17) is 4.74 Å². The zero-order chi connectivity index (χ0) is 16.2. The van der Waals surface area contributed by atoms with Gasteiger partial charge in [0.25, 0.3) is 0 Å². The number of phenolic OH excluding ortho intramolecular Hbond substituents is 1. The molecule has 0 unspecified atom stereocenters. The van der Waals surface area contributed by atoms with E-state index >= 15 is 0 Å². The first-order valence-electron chi connectivity index (χ1n) is 7.12. The normalized spacial score (nSPS) is 11.0. The van der Waals surface area contributed by atoms with Gasteiger partial charge in [0.15, 0.2) is 6.29 Å². The highest BCUT2D eigenvalue weighted by Crippen LogP contribution is 2.30. The highest BCUT2D eigenvalue weighted by Gasteiger charge is 2.07. The molecule has 0 heterocycles. The Bertz CT molecular complexity index is 883. The van der Waals surface area contributed by atoms with E-state index in [2.05, 4.69) is 4.99 Å². The Labute approximate surface area is 133 Å². The predicted molar refractivity (Wildman–Crippen MR) is 91.0 cm³/mol. The molecular formula is C19H15NO3. The number of carbonyl (C=O) groups is 1. The summed E-state index contributed by atoms with van der Waals surface area (Å²) in [6.45, 7) is 0. The third-order valence-electron chi connectivity index (χ3n) is 3.52. The minimum absolute atomic E-state index is 0.0191. The van der Waals surface area contributed by atoms with Gasteiger partial charge < -0.3 is 9.84 Å². The van der Waals surface area contributed by atoms with Gasteiger partial charge in [0, 0.05) is 13.3 Å². The molecule has 23 heavy (non-hydrogen) atoms. The van der Waals surface area contributed by atoms with E-state index in [-0.39, 0.29) is 11.3 Å². The van der Waals surface area contributed by atoms with Gasteiger partial charge in [-0.2, -0.15) is 0 Å². The number of nitrogens with zero attached hydrogens (tertiary/aromatic N) is 1. The van der Waals surface area contributed by atoms with Crippen LogP contribution in [-0.2, 0) is 0 Å². The van der Waals surface area contributed by atoms with E-state index < -0.39 is 0 Å². The number of benzene rings is 3. The van der Waals surface area contributed by atoms with E-state index in [9.17, 15) is 9.90 Å². The van der Waals surface area contributed by atoms with Gasteiger partial charge in [-0.1, -0.05) is 6.07 Å². The number of ether oxygens (including phenoxy) is 1. The van der Waals surface area contributed by atoms with Crippen LogP contribution in [0.2, 0.25) is 0 Å². The average molecular weight is 305 g/mol. The maximum atomic E-state index is 11.1. The summed E-state index contributed by atoms with van der Waals surface area (Å²) < 4.78 is 5.83. The smallest absolute Gasteiger partial charge is 0.154 e. The molecule has 0 aliphatic carbocycles. The Morgan fingerprint density at radius 3 is 2.43 bits per heavy atom. The summed E-state index contributed by atoms with van der Waals surface area (Å²) in [6, 6.07) is 16.2. The van der Waals surface area contributed by atoms with Crippen LogP contribution in [-0.4, -0.2) is 24.7 Å². The van der Waals surface area contributed by atoms with Gasteiger partial charge in [0.1, 0.15) is 17.2 Å². The van der Waals surface area contributed by atoms with Crippen molar-refractivity contribution in [2.24, 2.45) is 4.99 Å². The van der Waals surface area contributed by atoms with E-state index in [1.165, 1.54) is 6.07 Å². The first kappa shape index (κ1) is 14.8. The number of fused-ring (bicyclic) bond motifs is 1. The monoisotopic (exact) mass is 305 g/mol. The van der Waals surface area contributed by atoms with E-state index in [0.29, 0.717) is 23.2 Å². The standard InChI is InChI=1S/C19H15NO3/c1-20-11-13-2-5-15(6-3-13)23-16-7-8-17-14(10-16)4-9-19(22)18(17)12-21/h2-12,22H,1H3/b20-11-. The molecule has 0 saturated heterocycles. The van der Waals surface area contributed by atoms with Crippen molar-refractivity contribution < 1.29 is 14.6 Å². The van der Waals surface area contributed by atoms with E-state index in [0.717, 1.165) is 10.9 Å². The van der Waals surface area contributed by atoms with Crippen LogP contribution in [0.1, 0.15) is 15.9 Å². The van der Waals surface area contributed by atoms with Crippen LogP contribution < -0.4 is 4.74 Å². The molecule has 0 bridgehead atoms. The van der Waals surface area contributed by atoms with Gasteiger partial charge >= 0.3 is 0 Å². The molecule has 4 heteroatoms. The zero-order valence-electron chi connectivity index (χ0n) is 12.6. The number of aliphatic imine (C=N–C) groups is 1. The molecule has 0 aromatic heterocycles. The Morgan fingerprint density at radius 2 is 1.74 bits per heavy atom. The topological polar surface area (TPSA) is 58.9 Å². The second kappa shape index (κ2) is 6.32. The van der Waals surface area contributed by atoms with Crippen LogP contribution in [0.4, 0.5) is 0 Å². The van der Waals surface area contributed by atoms with Crippen molar-refractivity contribution in [2.45, 2.75) is 0 Å². The lowest BCUT2D eigenvalue weighted by molar-refractivity contribution is 0.112. The minimum Gasteiger partial charge on any atom is -0.507 e. The maximum absolute atomic E-state index is 11.1. The molecule has 3 aromatic rings. The third kappa shape index (κ3) is 3.06. The fourth-order valence-electron chi connectivity index (χ4n) is 2.41. The molecule has 0 spiro atoms. The molecule has 0 amide bonds. The molecule has 0 aliphatic rings. The fourth-order valence-corrected chi connectivity index (χ4v) is 2.41. The highest BCUT2D eigenvalue weighted by atomic mass is 16.5. The fraction of sp³-hybridized carbons (Fsp3) is 0.0526. The summed E-state index contributed by atoms with van der Waals surface area (Å²) in [4.78, 5) is 15.1. The van der Waals surface area contributed by atoms with Crippen molar-refractivity contribution in [1.29, 1.82) is 0 Å². The summed E-state index contributed by atoms with van der Waals surface area (Å²) in [7, 11) is 1.73. The van der Waals surface area contributed by atoms with Crippen LogP contribution in [0.5, 0.6) is 17.2 Å². The van der Waals surface area contributed by atoms with Gasteiger partial charge in [-0.15, -0.1) is 0 Å². The predicted octanol–water partition coefficient (Wildman–Crippen LogP) is 4.20. The van der Waals surface area contributed by atoms with Crippen LogP contribution >= 0.6 is 0 Å². The average Bonchev–Trinajstić information content (AvgIpc) is 2.57.